The van der Waals surface area contributed by atoms with Crippen molar-refractivity contribution in [3.8, 4) is 0 Å². The van der Waals surface area contributed by atoms with Crippen LogP contribution in [0.15, 0.2) is 39.8 Å². The van der Waals surface area contributed by atoms with E-state index in [1.807, 2.05) is 31.2 Å². The topological polar surface area (TPSA) is 67.5 Å². The molecule has 5 nitrogen and oxygen atoms in total. The molecular formula is C14H18N3O2P. The number of nitrogens with one attached hydrogen (secondary N) is 1. The van der Waals surface area contributed by atoms with Gasteiger partial charge in [-0.15, -0.1) is 0 Å². The summed E-state index contributed by atoms with van der Waals surface area (Å²) in [4.78, 5) is 4.20. The monoisotopic (exact) mass is 291 g/mol. The summed E-state index contributed by atoms with van der Waals surface area (Å²) in [6.07, 6.45) is 0. The molecular weight excluding hydrogens is 273 g/mol. The van der Waals surface area contributed by atoms with Gasteiger partial charge in [0.25, 0.3) is 0 Å². The quantitative estimate of drug-likeness (QED) is 0.536. The smallest absolute Gasteiger partial charge is 0.230 e. The van der Waals surface area contributed by atoms with Crippen LogP contribution in [0, 0.1) is 6.92 Å². The Kier molecular flexibility index (Phi) is 4.09. The number of aryl methyl sites for hydroxylation is 1. The first-order valence-corrected chi connectivity index (χ1v) is 8.83. The van der Waals surface area contributed by atoms with Gasteiger partial charge in [-0.05, 0) is 20.3 Å². The SMILES string of the molecule is CN=C(Nc1cc(C)no1)c1ccc(P(C)(C)=O)cc1. The standard InChI is InChI=1S/C14H18N3O2P/c1-10-9-13(19-17-10)16-14(15-2)11-5-7-12(8-6-11)20(3,4)18/h5-9H,1-4H3,(H,15,16). The molecule has 0 aliphatic carbocycles. The predicted molar refractivity (Wildman–Crippen MR) is 82.9 cm³/mol. The average molecular weight is 291 g/mol. The second-order valence-corrected chi connectivity index (χ2v) is 8.15. The van der Waals surface area contributed by atoms with Crippen LogP contribution in [-0.4, -0.2) is 31.4 Å². The number of aliphatic imine (C=N–C) groups is 1. The predicted octanol–water partition coefficient (Wildman–Crippen LogP) is 2.72. The van der Waals surface area contributed by atoms with Crippen molar-refractivity contribution < 1.29 is 9.09 Å². The number of aromatic nitrogens is 1. The van der Waals surface area contributed by atoms with Gasteiger partial charge in [-0.25, -0.2) is 0 Å². The van der Waals surface area contributed by atoms with E-state index in [-0.39, 0.29) is 0 Å². The summed E-state index contributed by atoms with van der Waals surface area (Å²) in [7, 11) is -0.530. The summed E-state index contributed by atoms with van der Waals surface area (Å²) >= 11 is 0. The molecule has 0 atom stereocenters. The van der Waals surface area contributed by atoms with Crippen LogP contribution in [0.25, 0.3) is 0 Å². The molecule has 2 rings (SSSR count). The zero-order valence-corrected chi connectivity index (χ0v) is 12.9. The molecule has 1 aromatic heterocycles. The van der Waals surface area contributed by atoms with Crippen LogP contribution < -0.4 is 10.6 Å². The van der Waals surface area contributed by atoms with Crippen molar-refractivity contribution in [2.45, 2.75) is 6.92 Å². The largest absolute Gasteiger partial charge is 0.338 e. The zero-order valence-electron chi connectivity index (χ0n) is 12.0. The molecule has 20 heavy (non-hydrogen) atoms. The molecule has 1 aromatic carbocycles. The Labute approximate surface area is 118 Å². The normalized spacial score (nSPS) is 12.5. The van der Waals surface area contributed by atoms with E-state index in [9.17, 15) is 4.57 Å². The Morgan fingerprint density at radius 1 is 1.30 bits per heavy atom. The van der Waals surface area contributed by atoms with E-state index in [1.54, 1.807) is 26.4 Å². The highest BCUT2D eigenvalue weighted by molar-refractivity contribution is 7.70. The van der Waals surface area contributed by atoms with Crippen molar-refractivity contribution >= 4 is 24.2 Å². The van der Waals surface area contributed by atoms with Crippen LogP contribution in [0.4, 0.5) is 5.88 Å². The van der Waals surface area contributed by atoms with E-state index in [2.05, 4.69) is 15.5 Å². The van der Waals surface area contributed by atoms with Gasteiger partial charge in [0.05, 0.1) is 5.69 Å². The van der Waals surface area contributed by atoms with Gasteiger partial charge >= 0.3 is 0 Å². The maximum Gasteiger partial charge on any atom is 0.230 e. The van der Waals surface area contributed by atoms with Gasteiger partial charge in [-0.2, -0.15) is 0 Å². The van der Waals surface area contributed by atoms with Gasteiger partial charge in [0.2, 0.25) is 5.88 Å². The van der Waals surface area contributed by atoms with Crippen LogP contribution in [0.1, 0.15) is 11.3 Å². The van der Waals surface area contributed by atoms with Crippen LogP contribution in [-0.2, 0) is 4.57 Å². The summed E-state index contributed by atoms with van der Waals surface area (Å²) in [5.74, 6) is 1.22. The number of benzene rings is 1. The molecule has 0 radical (unpaired) electrons. The van der Waals surface area contributed by atoms with E-state index in [1.165, 1.54) is 0 Å². The lowest BCUT2D eigenvalue weighted by molar-refractivity contribution is 0.430. The lowest BCUT2D eigenvalue weighted by Gasteiger charge is -2.10. The molecule has 0 amide bonds. The molecule has 1 N–H and O–H groups in total. The van der Waals surface area contributed by atoms with Gasteiger partial charge in [0, 0.05) is 24.0 Å². The molecule has 0 spiro atoms. The summed E-state index contributed by atoms with van der Waals surface area (Å²) < 4.78 is 17.1. The molecule has 106 valence electrons. The van der Waals surface area contributed by atoms with Gasteiger partial charge < -0.3 is 14.4 Å². The number of amidine groups is 1. The van der Waals surface area contributed by atoms with Crippen molar-refractivity contribution in [1.82, 2.24) is 5.16 Å². The lowest BCUT2D eigenvalue weighted by atomic mass is 10.2. The highest BCUT2D eigenvalue weighted by Crippen LogP contribution is 2.34. The number of hydrogen-bond donors (Lipinski definition) is 1. The summed E-state index contributed by atoms with van der Waals surface area (Å²) in [6.45, 7) is 5.37. The van der Waals surface area contributed by atoms with Gasteiger partial charge in [-0.3, -0.25) is 4.99 Å². The minimum atomic E-state index is -2.23. The molecule has 2 aromatic rings. The van der Waals surface area contributed by atoms with Crippen LogP contribution in [0.3, 0.4) is 0 Å². The molecule has 6 heteroatoms. The first-order valence-electron chi connectivity index (χ1n) is 6.23. The van der Waals surface area contributed by atoms with Crippen molar-refractivity contribution in [1.29, 1.82) is 0 Å². The third kappa shape index (κ3) is 3.36. The van der Waals surface area contributed by atoms with Crippen molar-refractivity contribution in [2.75, 3.05) is 25.7 Å². The first-order chi connectivity index (χ1) is 9.40. The number of rotatable bonds is 3. The fraction of sp³-hybridized carbons (Fsp3) is 0.286. The van der Waals surface area contributed by atoms with E-state index in [0.29, 0.717) is 11.7 Å². The fourth-order valence-corrected chi connectivity index (χ4v) is 2.64. The number of hydrogen-bond acceptors (Lipinski definition) is 4. The highest BCUT2D eigenvalue weighted by Gasteiger charge is 2.12. The average Bonchev–Trinajstić information content (AvgIpc) is 2.81. The van der Waals surface area contributed by atoms with Crippen molar-refractivity contribution in [3.05, 3.63) is 41.6 Å². The second-order valence-electron chi connectivity index (χ2n) is 4.93. The minimum Gasteiger partial charge on any atom is -0.338 e. The maximum absolute atomic E-state index is 12.0. The minimum absolute atomic E-state index is 0.545. The van der Waals surface area contributed by atoms with Gasteiger partial charge in [0.1, 0.15) is 13.0 Å². The Bertz CT molecular complexity index is 668. The van der Waals surface area contributed by atoms with Crippen LogP contribution in [0.5, 0.6) is 0 Å². The second kappa shape index (κ2) is 5.63. The third-order valence-corrected chi connectivity index (χ3v) is 4.40. The van der Waals surface area contributed by atoms with E-state index >= 15 is 0 Å². The van der Waals surface area contributed by atoms with Gasteiger partial charge in [-0.1, -0.05) is 29.4 Å². The van der Waals surface area contributed by atoms with Gasteiger partial charge in [0.15, 0.2) is 0 Å². The Balaban J connectivity index is 2.22. The van der Waals surface area contributed by atoms with E-state index in [0.717, 1.165) is 16.6 Å². The third-order valence-electron chi connectivity index (χ3n) is 2.86. The molecule has 1 heterocycles. The molecule has 0 saturated carbocycles. The summed E-state index contributed by atoms with van der Waals surface area (Å²) in [6, 6.07) is 9.33. The Hall–Kier alpha value is -1.87. The first kappa shape index (κ1) is 14.5. The lowest BCUT2D eigenvalue weighted by Crippen LogP contribution is -2.14. The zero-order chi connectivity index (χ0) is 14.8. The van der Waals surface area contributed by atoms with Crippen molar-refractivity contribution in [2.24, 2.45) is 4.99 Å². The molecule has 0 bridgehead atoms. The molecule has 0 aliphatic heterocycles. The van der Waals surface area contributed by atoms with Crippen molar-refractivity contribution in [3.63, 3.8) is 0 Å². The van der Waals surface area contributed by atoms with E-state index in [4.69, 9.17) is 4.52 Å². The summed E-state index contributed by atoms with van der Waals surface area (Å²) in [5, 5.41) is 7.74. The maximum atomic E-state index is 12.0. The number of nitrogens with zero attached hydrogens (tertiary/aromatic N) is 2. The molecule has 0 aliphatic rings. The van der Waals surface area contributed by atoms with Crippen LogP contribution in [0.2, 0.25) is 0 Å². The Morgan fingerprint density at radius 3 is 2.40 bits per heavy atom. The number of anilines is 1. The van der Waals surface area contributed by atoms with E-state index < -0.39 is 7.14 Å². The van der Waals surface area contributed by atoms with Crippen LogP contribution >= 0.6 is 7.14 Å². The fourth-order valence-electron chi connectivity index (χ4n) is 1.77. The molecule has 0 unspecified atom stereocenters. The molecule has 0 fully saturated rings. The molecule has 0 saturated heterocycles. The Morgan fingerprint density at radius 2 is 1.95 bits per heavy atom. The summed E-state index contributed by atoms with van der Waals surface area (Å²) in [5.41, 5.74) is 1.70. The highest BCUT2D eigenvalue weighted by atomic mass is 31.2.